The van der Waals surface area contributed by atoms with Gasteiger partial charge in [0, 0.05) is 24.3 Å². The summed E-state index contributed by atoms with van der Waals surface area (Å²) in [6.45, 7) is 5.01. The van der Waals surface area contributed by atoms with Crippen LogP contribution in [-0.4, -0.2) is 25.0 Å². The highest BCUT2D eigenvalue weighted by Crippen LogP contribution is 2.30. The van der Waals surface area contributed by atoms with Gasteiger partial charge in [-0.1, -0.05) is 32.0 Å². The Bertz CT molecular complexity index is 802. The highest BCUT2D eigenvalue weighted by atomic mass is 16.5. The summed E-state index contributed by atoms with van der Waals surface area (Å²) in [5.74, 6) is 1.18. The van der Waals surface area contributed by atoms with Crippen LogP contribution in [0.25, 0.3) is 0 Å². The molecule has 0 aliphatic carbocycles. The first-order valence-corrected chi connectivity index (χ1v) is 9.44. The summed E-state index contributed by atoms with van der Waals surface area (Å²) in [5.41, 5.74) is 2.79. The number of rotatable bonds is 7. The lowest BCUT2D eigenvalue weighted by Crippen LogP contribution is -2.36. The van der Waals surface area contributed by atoms with Gasteiger partial charge in [-0.2, -0.15) is 0 Å². The fraction of sp³-hybridized carbons (Fsp3) is 0.364. The highest BCUT2D eigenvalue weighted by Gasteiger charge is 2.24. The van der Waals surface area contributed by atoms with Crippen molar-refractivity contribution in [3.8, 4) is 5.75 Å². The lowest BCUT2D eigenvalue weighted by Gasteiger charge is -2.30. The van der Waals surface area contributed by atoms with Crippen molar-refractivity contribution in [2.24, 2.45) is 5.92 Å². The first-order chi connectivity index (χ1) is 13.0. The van der Waals surface area contributed by atoms with E-state index in [1.807, 2.05) is 53.4 Å². The molecule has 2 amide bonds. The van der Waals surface area contributed by atoms with E-state index in [-0.39, 0.29) is 18.4 Å². The smallest absolute Gasteiger partial charge is 0.262 e. The van der Waals surface area contributed by atoms with Crippen molar-refractivity contribution in [2.75, 3.05) is 23.4 Å². The number of carbonyl (C=O) groups is 2. The molecule has 1 aliphatic heterocycles. The summed E-state index contributed by atoms with van der Waals surface area (Å²) in [6, 6.07) is 15.0. The summed E-state index contributed by atoms with van der Waals surface area (Å²) >= 11 is 0. The third-order valence-electron chi connectivity index (χ3n) is 4.61. The van der Waals surface area contributed by atoms with Gasteiger partial charge in [0.15, 0.2) is 6.61 Å². The standard InChI is InChI=1S/C22H26N2O3/c1-16(2)12-13-24-20-10-9-18(14-17(20)8-11-22(24)26)23-21(25)15-27-19-6-4-3-5-7-19/h3-7,9-10,14,16H,8,11-13,15H2,1-2H3,(H,23,25). The Labute approximate surface area is 160 Å². The molecular formula is C22H26N2O3. The van der Waals surface area contributed by atoms with Crippen molar-refractivity contribution in [1.82, 2.24) is 0 Å². The minimum atomic E-state index is -0.206. The average molecular weight is 366 g/mol. The van der Waals surface area contributed by atoms with Crippen molar-refractivity contribution in [1.29, 1.82) is 0 Å². The Hall–Kier alpha value is -2.82. The van der Waals surface area contributed by atoms with E-state index < -0.39 is 0 Å². The maximum absolute atomic E-state index is 12.3. The molecule has 142 valence electrons. The van der Waals surface area contributed by atoms with Crippen LogP contribution < -0.4 is 15.0 Å². The van der Waals surface area contributed by atoms with Crippen LogP contribution in [0.1, 0.15) is 32.3 Å². The topological polar surface area (TPSA) is 58.6 Å². The molecule has 0 unspecified atom stereocenters. The number of nitrogens with one attached hydrogen (secondary N) is 1. The minimum absolute atomic E-state index is 0.0416. The number of amides is 2. The third kappa shape index (κ3) is 5.09. The Kier molecular flexibility index (Phi) is 6.12. The quantitative estimate of drug-likeness (QED) is 0.805. The number of fused-ring (bicyclic) bond motifs is 1. The number of hydrogen-bond donors (Lipinski definition) is 1. The number of anilines is 2. The van der Waals surface area contributed by atoms with Gasteiger partial charge in [0.05, 0.1) is 0 Å². The van der Waals surface area contributed by atoms with Gasteiger partial charge in [-0.25, -0.2) is 0 Å². The Morgan fingerprint density at radius 1 is 1.15 bits per heavy atom. The van der Waals surface area contributed by atoms with Gasteiger partial charge in [-0.15, -0.1) is 0 Å². The molecule has 1 aliphatic rings. The first-order valence-electron chi connectivity index (χ1n) is 9.44. The zero-order valence-electron chi connectivity index (χ0n) is 15.9. The Balaban J connectivity index is 1.63. The van der Waals surface area contributed by atoms with Crippen molar-refractivity contribution in [2.45, 2.75) is 33.1 Å². The summed E-state index contributed by atoms with van der Waals surface area (Å²) < 4.78 is 5.47. The molecule has 0 aromatic heterocycles. The van der Waals surface area contributed by atoms with E-state index in [1.165, 1.54) is 0 Å². The minimum Gasteiger partial charge on any atom is -0.484 e. The van der Waals surface area contributed by atoms with E-state index in [0.29, 0.717) is 24.5 Å². The molecule has 0 radical (unpaired) electrons. The molecule has 2 aromatic carbocycles. The van der Waals surface area contributed by atoms with E-state index in [0.717, 1.165) is 29.9 Å². The molecule has 3 rings (SSSR count). The third-order valence-corrected chi connectivity index (χ3v) is 4.61. The molecule has 2 aromatic rings. The van der Waals surface area contributed by atoms with E-state index in [1.54, 1.807) is 0 Å². The van der Waals surface area contributed by atoms with Crippen LogP contribution in [0.2, 0.25) is 0 Å². The predicted molar refractivity (Wildman–Crippen MR) is 107 cm³/mol. The molecule has 1 heterocycles. The summed E-state index contributed by atoms with van der Waals surface area (Å²) in [4.78, 5) is 26.3. The van der Waals surface area contributed by atoms with Crippen LogP contribution >= 0.6 is 0 Å². The van der Waals surface area contributed by atoms with E-state index in [9.17, 15) is 9.59 Å². The zero-order chi connectivity index (χ0) is 19.2. The highest BCUT2D eigenvalue weighted by molar-refractivity contribution is 5.97. The van der Waals surface area contributed by atoms with Crippen LogP contribution in [0.15, 0.2) is 48.5 Å². The number of aryl methyl sites for hydroxylation is 1. The molecule has 0 atom stereocenters. The maximum Gasteiger partial charge on any atom is 0.262 e. The fourth-order valence-corrected chi connectivity index (χ4v) is 3.13. The van der Waals surface area contributed by atoms with Crippen LogP contribution in [-0.2, 0) is 16.0 Å². The predicted octanol–water partition coefficient (Wildman–Crippen LogP) is 4.03. The molecule has 5 nitrogen and oxygen atoms in total. The van der Waals surface area contributed by atoms with Crippen LogP contribution in [0.5, 0.6) is 5.75 Å². The lowest BCUT2D eigenvalue weighted by molar-refractivity contribution is -0.119. The fourth-order valence-electron chi connectivity index (χ4n) is 3.13. The van der Waals surface area contributed by atoms with Gasteiger partial charge in [0.25, 0.3) is 5.91 Å². The van der Waals surface area contributed by atoms with E-state index >= 15 is 0 Å². The van der Waals surface area contributed by atoms with Gasteiger partial charge in [-0.3, -0.25) is 9.59 Å². The normalized spacial score (nSPS) is 13.4. The summed E-state index contributed by atoms with van der Waals surface area (Å²) in [7, 11) is 0. The average Bonchev–Trinajstić information content (AvgIpc) is 2.66. The second kappa shape index (κ2) is 8.71. The molecule has 5 heteroatoms. The summed E-state index contributed by atoms with van der Waals surface area (Å²) in [5, 5.41) is 2.87. The lowest BCUT2D eigenvalue weighted by atomic mass is 9.99. The van der Waals surface area contributed by atoms with Gasteiger partial charge in [0.1, 0.15) is 5.75 Å². The molecule has 0 spiro atoms. The van der Waals surface area contributed by atoms with Crippen LogP contribution in [0.4, 0.5) is 11.4 Å². The zero-order valence-corrected chi connectivity index (χ0v) is 15.9. The number of ether oxygens (including phenoxy) is 1. The van der Waals surface area contributed by atoms with Crippen LogP contribution in [0.3, 0.4) is 0 Å². The molecule has 27 heavy (non-hydrogen) atoms. The van der Waals surface area contributed by atoms with E-state index in [4.69, 9.17) is 4.74 Å². The molecule has 1 N–H and O–H groups in total. The monoisotopic (exact) mass is 366 g/mol. The van der Waals surface area contributed by atoms with Gasteiger partial charge < -0.3 is 15.0 Å². The number of para-hydroxylation sites is 1. The molecule has 0 bridgehead atoms. The molecule has 0 saturated carbocycles. The van der Waals surface area contributed by atoms with Crippen molar-refractivity contribution in [3.05, 3.63) is 54.1 Å². The largest absolute Gasteiger partial charge is 0.484 e. The van der Waals surface area contributed by atoms with E-state index in [2.05, 4.69) is 19.2 Å². The SMILES string of the molecule is CC(C)CCN1C(=O)CCc2cc(NC(=O)COc3ccccc3)ccc21. The van der Waals surface area contributed by atoms with Gasteiger partial charge >= 0.3 is 0 Å². The maximum atomic E-state index is 12.3. The Morgan fingerprint density at radius 3 is 2.67 bits per heavy atom. The second-order valence-corrected chi connectivity index (χ2v) is 7.22. The second-order valence-electron chi connectivity index (χ2n) is 7.22. The van der Waals surface area contributed by atoms with Crippen molar-refractivity contribution in [3.63, 3.8) is 0 Å². The number of benzene rings is 2. The molecule has 0 saturated heterocycles. The molecule has 0 fully saturated rings. The van der Waals surface area contributed by atoms with Crippen LogP contribution in [0, 0.1) is 5.92 Å². The number of carbonyl (C=O) groups excluding carboxylic acids is 2. The Morgan fingerprint density at radius 2 is 1.93 bits per heavy atom. The number of hydrogen-bond acceptors (Lipinski definition) is 3. The van der Waals surface area contributed by atoms with Crippen molar-refractivity contribution >= 4 is 23.2 Å². The van der Waals surface area contributed by atoms with Crippen molar-refractivity contribution < 1.29 is 14.3 Å². The number of nitrogens with zero attached hydrogens (tertiary/aromatic N) is 1. The summed E-state index contributed by atoms with van der Waals surface area (Å²) in [6.07, 6.45) is 2.19. The molecular weight excluding hydrogens is 340 g/mol. The van der Waals surface area contributed by atoms with Gasteiger partial charge in [-0.05, 0) is 54.7 Å². The first kappa shape index (κ1) is 19.0. The van der Waals surface area contributed by atoms with Gasteiger partial charge in [0.2, 0.25) is 5.91 Å².